The molecule has 2 aromatic rings. The molecule has 1 N–H and O–H groups in total. The third kappa shape index (κ3) is 3.18. The van der Waals surface area contributed by atoms with E-state index in [4.69, 9.17) is 0 Å². The highest BCUT2D eigenvalue weighted by atomic mass is 16.4. The van der Waals surface area contributed by atoms with Crippen LogP contribution in [0, 0.1) is 6.92 Å². The molecule has 0 saturated heterocycles. The molecule has 4 heteroatoms. The lowest BCUT2D eigenvalue weighted by Gasteiger charge is -2.35. The molecule has 1 aliphatic heterocycles. The first-order chi connectivity index (χ1) is 11.6. The van der Waals surface area contributed by atoms with E-state index < -0.39 is 12.0 Å². The van der Waals surface area contributed by atoms with Crippen LogP contribution in [0.25, 0.3) is 0 Å². The van der Waals surface area contributed by atoms with Crippen molar-refractivity contribution in [1.82, 2.24) is 4.90 Å². The van der Waals surface area contributed by atoms with Gasteiger partial charge in [0.25, 0.3) is 0 Å². The van der Waals surface area contributed by atoms with Crippen molar-refractivity contribution in [2.24, 2.45) is 0 Å². The molecule has 3 rings (SSSR count). The third-order valence-electron chi connectivity index (χ3n) is 4.71. The fourth-order valence-electron chi connectivity index (χ4n) is 3.38. The van der Waals surface area contributed by atoms with Crippen LogP contribution in [-0.4, -0.2) is 28.4 Å². The summed E-state index contributed by atoms with van der Waals surface area (Å²) in [5, 5.41) is 9.64. The second kappa shape index (κ2) is 6.87. The predicted octanol–water partition coefficient (Wildman–Crippen LogP) is 3.14. The first kappa shape index (κ1) is 16.2. The topological polar surface area (TPSA) is 57.6 Å². The lowest BCUT2D eigenvalue weighted by Crippen LogP contribution is -2.43. The van der Waals surface area contributed by atoms with E-state index >= 15 is 0 Å². The summed E-state index contributed by atoms with van der Waals surface area (Å²) in [6.07, 6.45) is 1.67. The molecule has 0 spiro atoms. The van der Waals surface area contributed by atoms with Gasteiger partial charge in [-0.15, -0.1) is 0 Å². The minimum atomic E-state index is -0.966. The zero-order valence-corrected chi connectivity index (χ0v) is 13.7. The van der Waals surface area contributed by atoms with Gasteiger partial charge < -0.3 is 10.0 Å². The zero-order valence-electron chi connectivity index (χ0n) is 13.7. The first-order valence-electron chi connectivity index (χ1n) is 8.22. The molecule has 1 atom stereocenters. The molecule has 0 aliphatic carbocycles. The average molecular weight is 323 g/mol. The van der Waals surface area contributed by atoms with Crippen LogP contribution in [0.5, 0.6) is 0 Å². The van der Waals surface area contributed by atoms with Gasteiger partial charge in [0.1, 0.15) is 0 Å². The number of hydrogen-bond donors (Lipinski definition) is 1. The SMILES string of the molecule is Cc1ccccc1CCC(=O)N1CCc2ccccc2C1C(=O)O. The van der Waals surface area contributed by atoms with E-state index in [1.54, 1.807) is 0 Å². The number of aliphatic carboxylic acids is 1. The van der Waals surface area contributed by atoms with Crippen LogP contribution in [0.4, 0.5) is 0 Å². The summed E-state index contributed by atoms with van der Waals surface area (Å²) >= 11 is 0. The number of benzene rings is 2. The molecule has 24 heavy (non-hydrogen) atoms. The number of carboxylic acid groups (broad SMARTS) is 1. The summed E-state index contributed by atoms with van der Waals surface area (Å²) in [4.78, 5) is 26.0. The van der Waals surface area contributed by atoms with Gasteiger partial charge in [-0.2, -0.15) is 0 Å². The zero-order chi connectivity index (χ0) is 17.1. The summed E-state index contributed by atoms with van der Waals surface area (Å²) in [6, 6.07) is 14.6. The Bertz CT molecular complexity index is 769. The van der Waals surface area contributed by atoms with Crippen LogP contribution in [0.3, 0.4) is 0 Å². The van der Waals surface area contributed by atoms with Crippen molar-refractivity contribution in [1.29, 1.82) is 0 Å². The fraction of sp³-hybridized carbons (Fsp3) is 0.300. The summed E-state index contributed by atoms with van der Waals surface area (Å²) in [5.41, 5.74) is 4.05. The second-order valence-electron chi connectivity index (χ2n) is 6.20. The number of fused-ring (bicyclic) bond motifs is 1. The number of amides is 1. The monoisotopic (exact) mass is 323 g/mol. The van der Waals surface area contributed by atoms with Crippen molar-refractivity contribution in [2.75, 3.05) is 6.54 Å². The highest BCUT2D eigenvalue weighted by Crippen LogP contribution is 2.30. The lowest BCUT2D eigenvalue weighted by atomic mass is 9.92. The lowest BCUT2D eigenvalue weighted by molar-refractivity contribution is -0.151. The Balaban J connectivity index is 1.77. The number of rotatable bonds is 4. The number of carbonyl (C=O) groups excluding carboxylic acids is 1. The number of carbonyl (C=O) groups is 2. The number of nitrogens with zero attached hydrogens (tertiary/aromatic N) is 1. The van der Waals surface area contributed by atoms with Crippen LogP contribution < -0.4 is 0 Å². The van der Waals surface area contributed by atoms with E-state index in [0.29, 0.717) is 25.8 Å². The Morgan fingerprint density at radius 2 is 1.83 bits per heavy atom. The normalized spacial score (nSPS) is 16.5. The van der Waals surface area contributed by atoms with Crippen molar-refractivity contribution in [3.05, 3.63) is 70.8 Å². The minimum absolute atomic E-state index is 0.0971. The molecule has 2 aromatic carbocycles. The summed E-state index contributed by atoms with van der Waals surface area (Å²) < 4.78 is 0. The number of hydrogen-bond acceptors (Lipinski definition) is 2. The Kier molecular flexibility index (Phi) is 4.65. The molecule has 0 bridgehead atoms. The maximum absolute atomic E-state index is 12.7. The molecular formula is C20H21NO3. The van der Waals surface area contributed by atoms with Crippen molar-refractivity contribution in [3.8, 4) is 0 Å². The van der Waals surface area contributed by atoms with Crippen molar-refractivity contribution in [3.63, 3.8) is 0 Å². The average Bonchev–Trinajstić information content (AvgIpc) is 2.59. The smallest absolute Gasteiger partial charge is 0.331 e. The van der Waals surface area contributed by atoms with Gasteiger partial charge in [-0.3, -0.25) is 4.79 Å². The Labute approximate surface area is 141 Å². The standard InChI is InChI=1S/C20H21NO3/c1-14-6-2-3-7-15(14)10-11-18(22)21-13-12-16-8-4-5-9-17(16)19(21)20(23)24/h2-9,19H,10-13H2,1H3,(H,23,24). The molecule has 124 valence electrons. The number of carboxylic acids is 1. The molecule has 4 nitrogen and oxygen atoms in total. The van der Waals surface area contributed by atoms with E-state index in [-0.39, 0.29) is 5.91 Å². The molecular weight excluding hydrogens is 302 g/mol. The number of aryl methyl sites for hydroxylation is 2. The molecule has 0 fully saturated rings. The Morgan fingerprint density at radius 1 is 1.12 bits per heavy atom. The van der Waals surface area contributed by atoms with Crippen LogP contribution in [-0.2, 0) is 22.4 Å². The van der Waals surface area contributed by atoms with Gasteiger partial charge in [0.2, 0.25) is 5.91 Å². The molecule has 0 saturated carbocycles. The second-order valence-corrected chi connectivity index (χ2v) is 6.20. The maximum atomic E-state index is 12.7. The highest BCUT2D eigenvalue weighted by molar-refractivity contribution is 5.85. The molecule has 1 aliphatic rings. The maximum Gasteiger partial charge on any atom is 0.331 e. The van der Waals surface area contributed by atoms with Gasteiger partial charge in [-0.05, 0) is 42.0 Å². The van der Waals surface area contributed by atoms with E-state index in [9.17, 15) is 14.7 Å². The van der Waals surface area contributed by atoms with E-state index in [2.05, 4.69) is 0 Å². The summed E-state index contributed by atoms with van der Waals surface area (Å²) in [7, 11) is 0. The molecule has 1 unspecified atom stereocenters. The molecule has 1 amide bonds. The van der Waals surface area contributed by atoms with Gasteiger partial charge in [-0.1, -0.05) is 48.5 Å². The van der Waals surface area contributed by atoms with Crippen LogP contribution in [0.1, 0.15) is 34.7 Å². The van der Waals surface area contributed by atoms with Gasteiger partial charge in [0.05, 0.1) is 0 Å². The van der Waals surface area contributed by atoms with Gasteiger partial charge in [-0.25, -0.2) is 4.79 Å². The van der Waals surface area contributed by atoms with Gasteiger partial charge in [0, 0.05) is 13.0 Å². The van der Waals surface area contributed by atoms with Crippen molar-refractivity contribution in [2.45, 2.75) is 32.2 Å². The fourth-order valence-corrected chi connectivity index (χ4v) is 3.38. The van der Waals surface area contributed by atoms with Crippen LogP contribution in [0.15, 0.2) is 48.5 Å². The Morgan fingerprint density at radius 3 is 2.58 bits per heavy atom. The molecule has 0 radical (unpaired) electrons. The molecule has 0 aromatic heterocycles. The van der Waals surface area contributed by atoms with E-state index in [1.165, 1.54) is 4.90 Å². The van der Waals surface area contributed by atoms with Crippen LogP contribution >= 0.6 is 0 Å². The Hall–Kier alpha value is -2.62. The van der Waals surface area contributed by atoms with Gasteiger partial charge in [0.15, 0.2) is 6.04 Å². The largest absolute Gasteiger partial charge is 0.479 e. The van der Waals surface area contributed by atoms with E-state index in [0.717, 1.165) is 22.3 Å². The van der Waals surface area contributed by atoms with Crippen molar-refractivity contribution >= 4 is 11.9 Å². The van der Waals surface area contributed by atoms with Crippen molar-refractivity contribution < 1.29 is 14.7 Å². The third-order valence-corrected chi connectivity index (χ3v) is 4.71. The summed E-state index contributed by atoms with van der Waals surface area (Å²) in [6.45, 7) is 2.48. The predicted molar refractivity (Wildman–Crippen MR) is 91.7 cm³/mol. The molecule has 1 heterocycles. The van der Waals surface area contributed by atoms with Crippen LogP contribution in [0.2, 0.25) is 0 Å². The summed E-state index contributed by atoms with van der Waals surface area (Å²) in [5.74, 6) is -1.06. The quantitative estimate of drug-likeness (QED) is 0.940. The van der Waals surface area contributed by atoms with E-state index in [1.807, 2.05) is 55.5 Å². The first-order valence-corrected chi connectivity index (χ1v) is 8.22. The minimum Gasteiger partial charge on any atom is -0.479 e. The van der Waals surface area contributed by atoms with Gasteiger partial charge >= 0.3 is 5.97 Å². The highest BCUT2D eigenvalue weighted by Gasteiger charge is 2.35.